The number of aryl methyl sites for hydroxylation is 6. The highest BCUT2D eigenvalue weighted by molar-refractivity contribution is 9.11. The van der Waals surface area contributed by atoms with Crippen molar-refractivity contribution in [2.75, 3.05) is 99.4 Å². The van der Waals surface area contributed by atoms with Gasteiger partial charge >= 0.3 is 34.4 Å². The van der Waals surface area contributed by atoms with Gasteiger partial charge in [0.05, 0.1) is 32.9 Å². The van der Waals surface area contributed by atoms with Crippen LogP contribution in [0.15, 0.2) is 192 Å². The first-order chi connectivity index (χ1) is 68.7. The molecule has 0 radical (unpaired) electrons. The van der Waals surface area contributed by atoms with Crippen LogP contribution in [0, 0.1) is 0 Å². The second-order valence-corrected chi connectivity index (χ2v) is 40.6. The first kappa shape index (κ1) is 109. The van der Waals surface area contributed by atoms with Gasteiger partial charge in [0.1, 0.15) is 29.1 Å². The average molecular weight is 2300 g/mol. The number of aromatic nitrogens is 20. The highest BCUT2D eigenvalue weighted by Crippen LogP contribution is 2.27. The monoisotopic (exact) mass is 2290 g/mol. The molecular formula is C100H122Br5N25O14. The molecule has 0 saturated carbocycles. The molecule has 144 heavy (non-hydrogen) atoms. The predicted octanol–water partition coefficient (Wildman–Crippen LogP) is 8.37. The Morgan fingerprint density at radius 3 is 0.910 bits per heavy atom. The van der Waals surface area contributed by atoms with Crippen LogP contribution in [0.2, 0.25) is 0 Å². The number of halogens is 5. The molecule has 44 heteroatoms. The van der Waals surface area contributed by atoms with Gasteiger partial charge in [-0.05, 0) is 135 Å². The SMILES string of the molecule is CCCN(C)CCc1nc2c(c(=O)n(C)c(=O)n2C)n1Cc1cccc(Br)c1.CCCN(CCc1nc2c(c(=O)n(C)c(=O)n2C)n1Cc1cccc(Br)c1)C(C)=O.CCOC(=O)CCCc1nc2c(c(=O)n(C)c(=O)n2C)n1Cc1cccc(Br)c1.CN1CCN(Cc2nc3c(c(=O)n(C)c(=O)n3C)n2Cc2cccc(Br)c2)CC1.Cn1c(=O)c2c(nc(CN3CCOCC3)n2Cc2cccc(Br)c2)n(C)c1=O. The Hall–Kier alpha value is -12.0. The number of piperazine rings is 1. The van der Waals surface area contributed by atoms with Crippen LogP contribution in [-0.4, -0.2) is 229 Å². The molecule has 0 atom stereocenters. The lowest BCUT2D eigenvalue weighted by Crippen LogP contribution is -2.44. The smallest absolute Gasteiger partial charge is 0.332 e. The number of fused-ring (bicyclic) bond motifs is 5. The molecule has 0 bridgehead atoms. The Morgan fingerprint density at radius 1 is 0.347 bits per heavy atom. The topological polar surface area (TPSA) is 378 Å². The van der Waals surface area contributed by atoms with Crippen LogP contribution in [0.1, 0.15) is 110 Å². The molecule has 2 fully saturated rings. The number of carbonyl (C=O) groups is 2. The summed E-state index contributed by atoms with van der Waals surface area (Å²) >= 11 is 17.5. The largest absolute Gasteiger partial charge is 0.466 e. The Bertz CT molecular complexity index is 7940. The Labute approximate surface area is 871 Å². The van der Waals surface area contributed by atoms with Crippen LogP contribution in [-0.2, 0) is 155 Å². The maximum absolute atomic E-state index is 13.0. The minimum absolute atomic E-state index is 0.00909. The molecule has 0 aliphatic carbocycles. The summed E-state index contributed by atoms with van der Waals surface area (Å²) < 4.78 is 37.6. The maximum Gasteiger partial charge on any atom is 0.332 e. The van der Waals surface area contributed by atoms with Crippen molar-refractivity contribution in [1.82, 2.24) is 118 Å². The zero-order valence-corrected chi connectivity index (χ0v) is 91.9. The lowest BCUT2D eigenvalue weighted by atomic mass is 10.2. The first-order valence-electron chi connectivity index (χ1n) is 47.5. The van der Waals surface area contributed by atoms with Crippen molar-refractivity contribution in [2.24, 2.45) is 70.5 Å². The molecule has 12 heterocycles. The van der Waals surface area contributed by atoms with E-state index >= 15 is 0 Å². The molecule has 39 nitrogen and oxygen atoms in total. The van der Waals surface area contributed by atoms with E-state index < -0.39 is 11.4 Å². The number of hydrogen-bond acceptors (Lipinski definition) is 23. The van der Waals surface area contributed by atoms with E-state index in [1.807, 2.05) is 151 Å². The molecule has 10 aromatic heterocycles. The van der Waals surface area contributed by atoms with Crippen LogP contribution >= 0.6 is 79.6 Å². The molecule has 17 rings (SSSR count). The van der Waals surface area contributed by atoms with Gasteiger partial charge in [0.25, 0.3) is 27.8 Å². The molecule has 0 unspecified atom stereocenters. The average Bonchev–Trinajstić information content (AvgIpc) is 1.62. The fourth-order valence-corrected chi connectivity index (χ4v) is 20.0. The second kappa shape index (κ2) is 48.8. The van der Waals surface area contributed by atoms with Crippen molar-refractivity contribution in [3.63, 3.8) is 0 Å². The third-order valence-corrected chi connectivity index (χ3v) is 28.1. The lowest BCUT2D eigenvalue weighted by Gasteiger charge is -2.32. The van der Waals surface area contributed by atoms with Crippen LogP contribution < -0.4 is 56.2 Å². The number of ether oxygens (including phenoxy) is 2. The Balaban J connectivity index is 0.000000151. The van der Waals surface area contributed by atoms with Crippen molar-refractivity contribution < 1.29 is 19.1 Å². The van der Waals surface area contributed by atoms with Gasteiger partial charge in [0.15, 0.2) is 55.8 Å². The Morgan fingerprint density at radius 2 is 0.625 bits per heavy atom. The summed E-state index contributed by atoms with van der Waals surface area (Å²) in [5.41, 5.74) is 5.69. The van der Waals surface area contributed by atoms with Gasteiger partial charge in [0, 0.05) is 217 Å². The van der Waals surface area contributed by atoms with Gasteiger partial charge < -0.3 is 47.0 Å². The van der Waals surface area contributed by atoms with Crippen molar-refractivity contribution in [2.45, 2.75) is 118 Å². The number of nitrogens with zero attached hydrogens (tertiary/aromatic N) is 25. The van der Waals surface area contributed by atoms with Gasteiger partial charge in [0.2, 0.25) is 5.91 Å². The molecular weight excluding hydrogens is 2170 g/mol. The molecule has 0 N–H and O–H groups in total. The normalized spacial score (nSPS) is 13.1. The number of amides is 1. The summed E-state index contributed by atoms with van der Waals surface area (Å²) in [5, 5.41) is 0. The minimum atomic E-state index is -0.423. The summed E-state index contributed by atoms with van der Waals surface area (Å²) in [6, 6.07) is 39.6. The van der Waals surface area contributed by atoms with Crippen LogP contribution in [0.5, 0.6) is 0 Å². The summed E-state index contributed by atoms with van der Waals surface area (Å²) in [6.45, 7) is 21.4. The van der Waals surface area contributed by atoms with E-state index in [9.17, 15) is 57.5 Å². The van der Waals surface area contributed by atoms with E-state index in [4.69, 9.17) is 24.4 Å². The number of carbonyl (C=O) groups excluding carboxylic acids is 2. The minimum Gasteiger partial charge on any atom is -0.466 e. The molecule has 1 amide bonds. The molecule has 2 saturated heterocycles. The van der Waals surface area contributed by atoms with E-state index in [1.54, 1.807) is 54.0 Å². The standard InChI is InChI=1S/C21H26BrN5O3.C20H25BrN6O2.C20H26BrN5O2.C20H23BrN4O4.C19H22BrN5O3/c1-5-10-26(14(2)28)11-9-17-23-19-18(20(29)25(4)21(30)24(19)3)27(17)13-15-7-6-8-16(22)12-15;1-23-7-9-26(10-8-23)13-16-22-18-17(19(28)25(3)20(29)24(18)2)27(16)12-14-5-4-6-15(21)11-14;1-5-10-23(2)11-9-16-22-18-17(19(27)25(4)20(28)24(18)3)26(16)13-14-7-6-8-15(21)12-14;1-4-29-16(26)10-6-9-15-22-18-17(19(27)24(3)20(28)23(18)2)25(15)12-13-7-5-8-14(21)11-13;1-22-17-16(18(26)23(2)19(22)27)25(11-13-4-3-5-14(20)10-13)15(21-17)12-24-6-8-28-9-7-24/h6-8,12H,5,9-11,13H2,1-4H3;4-6,11H,7-10,12-13H2,1-3H3;6-8,12H,5,9-11,13H2,1-4H3;5,7-8,11H,4,6,9-10,12H2,1-3H3;3-5,10H,6-9,11-12H2,1-2H3. The van der Waals surface area contributed by atoms with Gasteiger partial charge in [-0.3, -0.25) is 89.0 Å². The highest BCUT2D eigenvalue weighted by atomic mass is 79.9. The predicted molar refractivity (Wildman–Crippen MR) is 573 cm³/mol. The molecule has 0 spiro atoms. The van der Waals surface area contributed by atoms with Crippen LogP contribution in [0.4, 0.5) is 0 Å². The zero-order valence-electron chi connectivity index (χ0n) is 83.9. The lowest BCUT2D eigenvalue weighted by molar-refractivity contribution is -0.143. The summed E-state index contributed by atoms with van der Waals surface area (Å²) in [7, 11) is 19.9. The summed E-state index contributed by atoms with van der Waals surface area (Å²) in [5.74, 6) is 3.47. The molecule has 2 aliphatic heterocycles. The number of benzene rings is 5. The second-order valence-electron chi connectivity index (χ2n) is 36.0. The number of esters is 1. The van der Waals surface area contributed by atoms with E-state index in [2.05, 4.69) is 130 Å². The van der Waals surface area contributed by atoms with E-state index in [0.717, 1.165) is 156 Å². The molecule has 766 valence electrons. The summed E-state index contributed by atoms with van der Waals surface area (Å²) in [4.78, 5) is 184. The molecule has 5 aromatic carbocycles. The highest BCUT2D eigenvalue weighted by Gasteiger charge is 2.29. The summed E-state index contributed by atoms with van der Waals surface area (Å²) in [6.07, 6.45) is 4.43. The van der Waals surface area contributed by atoms with Gasteiger partial charge in [-0.15, -0.1) is 0 Å². The molecule has 15 aromatic rings. The van der Waals surface area contributed by atoms with Crippen LogP contribution in [0.3, 0.4) is 0 Å². The number of morpholine rings is 1. The third kappa shape index (κ3) is 25.2. The van der Waals surface area contributed by atoms with Crippen molar-refractivity contribution in [1.29, 1.82) is 0 Å². The van der Waals surface area contributed by atoms with E-state index in [1.165, 1.54) is 58.1 Å². The quantitative estimate of drug-likeness (QED) is 0.0397. The van der Waals surface area contributed by atoms with Crippen molar-refractivity contribution in [3.05, 3.63) is 305 Å². The third-order valence-electron chi connectivity index (χ3n) is 25.7. The van der Waals surface area contributed by atoms with Gasteiger partial charge in [-0.1, -0.05) is 154 Å². The number of rotatable bonds is 29. The zero-order chi connectivity index (χ0) is 104. The van der Waals surface area contributed by atoms with Crippen molar-refractivity contribution in [3.8, 4) is 0 Å². The van der Waals surface area contributed by atoms with E-state index in [0.29, 0.717) is 172 Å². The van der Waals surface area contributed by atoms with Gasteiger partial charge in [-0.2, -0.15) is 0 Å². The maximum atomic E-state index is 13.0. The van der Waals surface area contributed by atoms with Crippen molar-refractivity contribution >= 4 is 147 Å². The molecule has 2 aliphatic rings. The number of imidazole rings is 5. The Kier molecular flexibility index (Phi) is 37.0. The van der Waals surface area contributed by atoms with Gasteiger partial charge in [-0.25, -0.2) is 48.9 Å². The van der Waals surface area contributed by atoms with Crippen LogP contribution in [0.25, 0.3) is 55.8 Å². The fraction of sp³-hybridized carbons (Fsp3) is 0.430. The van der Waals surface area contributed by atoms with E-state index in [-0.39, 0.29) is 63.2 Å². The fourth-order valence-electron chi connectivity index (χ4n) is 17.7. The number of likely N-dealkylation sites (N-methyl/N-ethyl adjacent to an activating group) is 2. The number of hydrogen-bond donors (Lipinski definition) is 0. The first-order valence-corrected chi connectivity index (χ1v) is 51.5.